The van der Waals surface area contributed by atoms with Crippen LogP contribution >= 0.6 is 22.7 Å². The van der Waals surface area contributed by atoms with Crippen LogP contribution in [-0.2, 0) is 5.41 Å². The monoisotopic (exact) mass is 452 g/mol. The van der Waals surface area contributed by atoms with Crippen LogP contribution in [0.2, 0.25) is 0 Å². The lowest BCUT2D eigenvalue weighted by Gasteiger charge is -2.15. The highest BCUT2D eigenvalue weighted by Crippen LogP contribution is 2.44. The molecule has 4 aromatic heterocycles. The van der Waals surface area contributed by atoms with Gasteiger partial charge in [0.05, 0.1) is 31.8 Å². The van der Waals surface area contributed by atoms with Crippen molar-refractivity contribution in [2.75, 3.05) is 0 Å². The summed E-state index contributed by atoms with van der Waals surface area (Å²) in [5.74, 6) is 0.326. The Morgan fingerprint density at radius 1 is 0.710 bits per heavy atom. The fourth-order valence-electron chi connectivity index (χ4n) is 3.99. The average molecular weight is 453 g/mol. The third kappa shape index (κ3) is 3.21. The number of thiophene rings is 2. The predicted molar refractivity (Wildman–Crippen MR) is 131 cm³/mol. The van der Waals surface area contributed by atoms with E-state index in [0.29, 0.717) is 5.92 Å². The minimum Gasteiger partial charge on any atom is -0.305 e. The van der Waals surface area contributed by atoms with Crippen molar-refractivity contribution in [3.05, 3.63) is 55.0 Å². The SMILES string of the molecule is CC(C)c1sc(-c2ccc(-c3sc(C(C)(C)C)c4[nH]c(=O)[nH]c34)cc2)c2[nH]c(=O)[nH]c12. The highest BCUT2D eigenvalue weighted by Gasteiger charge is 2.25. The fraction of sp³-hybridized carbons (Fsp3) is 0.304. The van der Waals surface area contributed by atoms with Gasteiger partial charge in [-0.05, 0) is 22.5 Å². The van der Waals surface area contributed by atoms with Crippen molar-refractivity contribution in [3.63, 3.8) is 0 Å². The summed E-state index contributed by atoms with van der Waals surface area (Å²) in [6.45, 7) is 10.7. The van der Waals surface area contributed by atoms with E-state index < -0.39 is 0 Å². The van der Waals surface area contributed by atoms with E-state index in [-0.39, 0.29) is 16.8 Å². The van der Waals surface area contributed by atoms with Crippen molar-refractivity contribution in [2.24, 2.45) is 0 Å². The largest absolute Gasteiger partial charge is 0.323 e. The van der Waals surface area contributed by atoms with Crippen molar-refractivity contribution in [1.82, 2.24) is 19.9 Å². The van der Waals surface area contributed by atoms with E-state index in [2.05, 4.69) is 78.8 Å². The number of aromatic nitrogens is 4. The Bertz CT molecular complexity index is 1530. The summed E-state index contributed by atoms with van der Waals surface area (Å²) in [5.41, 5.74) is 5.23. The molecule has 31 heavy (non-hydrogen) atoms. The van der Waals surface area contributed by atoms with Crippen molar-refractivity contribution >= 4 is 44.7 Å². The fourth-order valence-corrected chi connectivity index (χ4v) is 6.49. The molecule has 0 aliphatic rings. The predicted octanol–water partition coefficient (Wildman–Crippen LogP) is 5.90. The number of benzene rings is 1. The van der Waals surface area contributed by atoms with Gasteiger partial charge in [-0.2, -0.15) is 0 Å². The van der Waals surface area contributed by atoms with Crippen LogP contribution in [0.25, 0.3) is 42.9 Å². The summed E-state index contributed by atoms with van der Waals surface area (Å²) in [6, 6.07) is 8.35. The molecule has 0 unspecified atom stereocenters. The van der Waals surface area contributed by atoms with Crippen molar-refractivity contribution in [2.45, 2.75) is 46.0 Å². The summed E-state index contributed by atoms with van der Waals surface area (Å²) in [5, 5.41) is 0. The van der Waals surface area contributed by atoms with Gasteiger partial charge >= 0.3 is 11.4 Å². The molecule has 0 amide bonds. The van der Waals surface area contributed by atoms with E-state index >= 15 is 0 Å². The molecule has 4 heterocycles. The van der Waals surface area contributed by atoms with Crippen LogP contribution in [0, 0.1) is 0 Å². The third-order valence-corrected chi connectivity index (χ3v) is 8.62. The minimum atomic E-state index is -0.181. The van der Waals surface area contributed by atoms with Gasteiger partial charge in [-0.1, -0.05) is 58.9 Å². The van der Waals surface area contributed by atoms with Crippen molar-refractivity contribution < 1.29 is 0 Å². The number of fused-ring (bicyclic) bond motifs is 2. The quantitative estimate of drug-likeness (QED) is 0.274. The Balaban J connectivity index is 1.63. The molecule has 5 rings (SSSR count). The molecule has 0 radical (unpaired) electrons. The zero-order valence-electron chi connectivity index (χ0n) is 18.0. The summed E-state index contributed by atoms with van der Waals surface area (Å²) < 4.78 is 0. The van der Waals surface area contributed by atoms with Crippen molar-refractivity contribution in [3.8, 4) is 20.9 Å². The first-order valence-electron chi connectivity index (χ1n) is 10.2. The first-order chi connectivity index (χ1) is 14.6. The number of hydrogen-bond acceptors (Lipinski definition) is 4. The van der Waals surface area contributed by atoms with Gasteiger partial charge in [0.15, 0.2) is 0 Å². The zero-order valence-corrected chi connectivity index (χ0v) is 19.7. The molecule has 0 aliphatic heterocycles. The first-order valence-corrected chi connectivity index (χ1v) is 11.9. The molecule has 0 bridgehead atoms. The van der Waals surface area contributed by atoms with Crippen LogP contribution in [0.15, 0.2) is 33.9 Å². The van der Waals surface area contributed by atoms with Crippen LogP contribution < -0.4 is 11.4 Å². The highest BCUT2D eigenvalue weighted by atomic mass is 32.1. The van der Waals surface area contributed by atoms with Gasteiger partial charge in [-0.25, -0.2) is 9.59 Å². The van der Waals surface area contributed by atoms with E-state index in [0.717, 1.165) is 47.8 Å². The lowest BCUT2D eigenvalue weighted by atomic mass is 9.94. The maximum Gasteiger partial charge on any atom is 0.323 e. The molecular formula is C23H24N4O2S2. The smallest absolute Gasteiger partial charge is 0.305 e. The van der Waals surface area contributed by atoms with Crippen LogP contribution in [0.4, 0.5) is 0 Å². The lowest BCUT2D eigenvalue weighted by molar-refractivity contribution is 0.607. The molecule has 8 heteroatoms. The van der Waals surface area contributed by atoms with E-state index in [9.17, 15) is 9.59 Å². The summed E-state index contributed by atoms with van der Waals surface area (Å²) in [7, 11) is 0. The summed E-state index contributed by atoms with van der Waals surface area (Å²) in [4.78, 5) is 40.2. The molecule has 0 spiro atoms. The molecule has 0 saturated carbocycles. The van der Waals surface area contributed by atoms with E-state index in [4.69, 9.17) is 0 Å². The number of hydrogen-bond donors (Lipinski definition) is 4. The molecule has 4 N–H and O–H groups in total. The minimum absolute atomic E-state index is 0.0672. The second kappa shape index (κ2) is 6.83. The highest BCUT2D eigenvalue weighted by molar-refractivity contribution is 7.18. The molecule has 160 valence electrons. The summed E-state index contributed by atoms with van der Waals surface area (Å²) >= 11 is 3.43. The van der Waals surface area contributed by atoms with Crippen LogP contribution in [0.1, 0.15) is 50.3 Å². The Morgan fingerprint density at radius 3 is 1.68 bits per heavy atom. The first kappa shape index (κ1) is 20.1. The van der Waals surface area contributed by atoms with Gasteiger partial charge in [0, 0.05) is 9.75 Å². The topological polar surface area (TPSA) is 97.3 Å². The molecule has 0 saturated heterocycles. The van der Waals surface area contributed by atoms with E-state index in [1.54, 1.807) is 22.7 Å². The molecule has 0 aliphatic carbocycles. The summed E-state index contributed by atoms with van der Waals surface area (Å²) in [6.07, 6.45) is 0. The number of imidazole rings is 2. The van der Waals surface area contributed by atoms with Gasteiger partial charge < -0.3 is 19.9 Å². The van der Waals surface area contributed by atoms with Crippen LogP contribution in [-0.4, -0.2) is 19.9 Å². The van der Waals surface area contributed by atoms with Gasteiger partial charge in [0.25, 0.3) is 0 Å². The Labute approximate surface area is 186 Å². The maximum atomic E-state index is 12.0. The van der Waals surface area contributed by atoms with E-state index in [1.165, 1.54) is 4.88 Å². The Hall–Kier alpha value is -2.84. The van der Waals surface area contributed by atoms with E-state index in [1.807, 2.05) is 0 Å². The molecule has 1 aromatic carbocycles. The van der Waals surface area contributed by atoms with Gasteiger partial charge in [0.2, 0.25) is 0 Å². The lowest BCUT2D eigenvalue weighted by Crippen LogP contribution is -2.09. The maximum absolute atomic E-state index is 12.0. The van der Waals surface area contributed by atoms with Crippen molar-refractivity contribution in [1.29, 1.82) is 0 Å². The van der Waals surface area contributed by atoms with Gasteiger partial charge in [-0.3, -0.25) is 0 Å². The molecule has 5 aromatic rings. The third-order valence-electron chi connectivity index (χ3n) is 5.41. The molecule has 6 nitrogen and oxygen atoms in total. The van der Waals surface area contributed by atoms with Crippen LogP contribution in [0.5, 0.6) is 0 Å². The average Bonchev–Trinajstić information content (AvgIpc) is 3.40. The van der Waals surface area contributed by atoms with Crippen LogP contribution in [0.3, 0.4) is 0 Å². The number of aromatic amines is 4. The zero-order chi connectivity index (χ0) is 22.1. The second-order valence-corrected chi connectivity index (χ2v) is 11.3. The number of H-pyrrole nitrogens is 4. The normalized spacial score (nSPS) is 12.6. The molecular weight excluding hydrogens is 428 g/mol. The van der Waals surface area contributed by atoms with Gasteiger partial charge in [0.1, 0.15) is 0 Å². The Morgan fingerprint density at radius 2 is 1.16 bits per heavy atom. The van der Waals surface area contributed by atoms with Gasteiger partial charge in [-0.15, -0.1) is 22.7 Å². The molecule has 0 fully saturated rings. The standard InChI is InChI=1S/C23H24N4O2S2/c1-10(2)17-13-14(25-21(28)24-13)18(30-17)11-6-8-12(9-7-11)19-15-16(27-22(29)26-15)20(31-19)23(3,4)5/h6-10H,1-5H3,(H2,24,25,28)(H2,26,27,29). The molecule has 0 atom stereocenters. The Kier molecular flexibility index (Phi) is 4.43. The number of rotatable bonds is 3. The second-order valence-electron chi connectivity index (χ2n) is 9.20. The number of nitrogens with one attached hydrogen (secondary N) is 4.